The number of para-hydroxylation sites is 1. The minimum absolute atomic E-state index is 0.303. The molecule has 0 saturated heterocycles. The number of likely N-dealkylation sites (N-methyl/N-ethyl adjacent to an activating group) is 1. The number of ether oxygens (including phenoxy) is 3. The number of rotatable bonds is 10. The minimum atomic E-state index is -0.303. The summed E-state index contributed by atoms with van der Waals surface area (Å²) in [7, 11) is 3.60. The molecule has 6 nitrogen and oxygen atoms in total. The van der Waals surface area contributed by atoms with Gasteiger partial charge in [0, 0.05) is 23.0 Å². The van der Waals surface area contributed by atoms with Crippen LogP contribution in [-0.4, -0.2) is 55.9 Å². The van der Waals surface area contributed by atoms with Crippen molar-refractivity contribution in [3.8, 4) is 22.8 Å². The van der Waals surface area contributed by atoms with Gasteiger partial charge in [-0.05, 0) is 68.6 Å². The first kappa shape index (κ1) is 26.6. The molecule has 0 spiro atoms. The van der Waals surface area contributed by atoms with E-state index in [-0.39, 0.29) is 5.97 Å². The minimum Gasteiger partial charge on any atom is -0.488 e. The Bertz CT molecular complexity index is 1260. The molecule has 3 aromatic rings. The van der Waals surface area contributed by atoms with E-state index in [0.29, 0.717) is 24.7 Å². The fraction of sp³-hybridized carbons (Fsp3) is 0.531. The van der Waals surface area contributed by atoms with Crippen molar-refractivity contribution < 1.29 is 19.0 Å². The SMILES string of the molecule is CCCCCN(C)CCOc1cccc2c1OCCn1c-2c(C2CCCCC2)c2ccc(C(=O)OC)cc21. The first-order valence-corrected chi connectivity index (χ1v) is 14.4. The third kappa shape index (κ3) is 5.42. The van der Waals surface area contributed by atoms with Gasteiger partial charge in [0.05, 0.1) is 24.9 Å². The van der Waals surface area contributed by atoms with Crippen molar-refractivity contribution in [1.82, 2.24) is 9.47 Å². The average Bonchev–Trinajstić information content (AvgIpc) is 3.14. The maximum absolute atomic E-state index is 12.4. The second-order valence-corrected chi connectivity index (χ2v) is 10.8. The first-order valence-electron chi connectivity index (χ1n) is 14.4. The number of unbranched alkanes of at least 4 members (excludes halogenated alkanes) is 2. The molecule has 0 radical (unpaired) electrons. The standard InChI is InChI=1S/C32H42N2O4/c1-4-5-9-17-33(2)18-20-37-28-14-10-13-26-30-29(23-11-7-6-8-12-23)25-16-15-24(32(35)36-3)22-27(25)34(30)19-21-38-31(26)28/h10,13-16,22-23H,4-9,11-12,17-21H2,1-3H3. The molecule has 1 fully saturated rings. The second-order valence-electron chi connectivity index (χ2n) is 10.8. The van der Waals surface area contributed by atoms with Gasteiger partial charge in [0.2, 0.25) is 0 Å². The highest BCUT2D eigenvalue weighted by Gasteiger charge is 2.30. The molecule has 2 heterocycles. The third-order valence-corrected chi connectivity index (χ3v) is 8.21. The summed E-state index contributed by atoms with van der Waals surface area (Å²) in [4.78, 5) is 14.7. The first-order chi connectivity index (χ1) is 18.6. The Kier molecular flexibility index (Phi) is 8.58. The lowest BCUT2D eigenvalue weighted by Crippen LogP contribution is -2.25. The van der Waals surface area contributed by atoms with Gasteiger partial charge >= 0.3 is 5.97 Å². The Balaban J connectivity index is 1.53. The molecule has 2 aromatic carbocycles. The van der Waals surface area contributed by atoms with E-state index in [1.807, 2.05) is 18.2 Å². The molecule has 6 heteroatoms. The normalized spacial score (nSPS) is 15.6. The number of esters is 1. The lowest BCUT2D eigenvalue weighted by Gasteiger charge is -2.24. The largest absolute Gasteiger partial charge is 0.488 e. The van der Waals surface area contributed by atoms with Crippen LogP contribution in [-0.2, 0) is 11.3 Å². The van der Waals surface area contributed by atoms with Crippen LogP contribution in [0.15, 0.2) is 36.4 Å². The predicted octanol–water partition coefficient (Wildman–Crippen LogP) is 7.04. The molecule has 204 valence electrons. The van der Waals surface area contributed by atoms with E-state index in [9.17, 15) is 4.79 Å². The molecule has 5 rings (SSSR count). The summed E-state index contributed by atoms with van der Waals surface area (Å²) < 4.78 is 20.1. The van der Waals surface area contributed by atoms with Gasteiger partial charge in [0.25, 0.3) is 0 Å². The highest BCUT2D eigenvalue weighted by molar-refractivity contribution is 5.99. The summed E-state index contributed by atoms with van der Waals surface area (Å²) in [5.74, 6) is 1.85. The quantitative estimate of drug-likeness (QED) is 0.213. The number of aromatic nitrogens is 1. The monoisotopic (exact) mass is 518 g/mol. The Labute approximate surface area is 226 Å². The Hall–Kier alpha value is -2.99. The summed E-state index contributed by atoms with van der Waals surface area (Å²) in [5.41, 5.74) is 5.38. The number of fused-ring (bicyclic) bond motifs is 5. The second kappa shape index (κ2) is 12.2. The van der Waals surface area contributed by atoms with Crippen molar-refractivity contribution in [3.05, 3.63) is 47.5 Å². The zero-order valence-corrected chi connectivity index (χ0v) is 23.3. The van der Waals surface area contributed by atoms with Crippen LogP contribution in [0.1, 0.15) is 80.1 Å². The van der Waals surface area contributed by atoms with Crippen LogP contribution in [0.2, 0.25) is 0 Å². The van der Waals surface area contributed by atoms with E-state index in [1.165, 1.54) is 75.1 Å². The highest BCUT2D eigenvalue weighted by Crippen LogP contribution is 2.49. The van der Waals surface area contributed by atoms with Crippen LogP contribution in [0.4, 0.5) is 0 Å². The summed E-state index contributed by atoms with van der Waals surface area (Å²) in [5, 5.41) is 1.24. The third-order valence-electron chi connectivity index (χ3n) is 8.21. The van der Waals surface area contributed by atoms with E-state index >= 15 is 0 Å². The van der Waals surface area contributed by atoms with E-state index in [2.05, 4.69) is 41.6 Å². The fourth-order valence-corrected chi connectivity index (χ4v) is 6.21. The lowest BCUT2D eigenvalue weighted by molar-refractivity contribution is 0.0601. The molecule has 1 aromatic heterocycles. The van der Waals surface area contributed by atoms with Crippen molar-refractivity contribution in [3.63, 3.8) is 0 Å². The molecule has 1 saturated carbocycles. The Morgan fingerprint density at radius 3 is 2.74 bits per heavy atom. The number of methoxy groups -OCH3 is 1. The van der Waals surface area contributed by atoms with Crippen molar-refractivity contribution in [2.24, 2.45) is 0 Å². The zero-order chi connectivity index (χ0) is 26.5. The fourth-order valence-electron chi connectivity index (χ4n) is 6.21. The summed E-state index contributed by atoms with van der Waals surface area (Å²) in [6.07, 6.45) is 9.95. The Morgan fingerprint density at radius 2 is 1.95 bits per heavy atom. The molecule has 0 bridgehead atoms. The van der Waals surface area contributed by atoms with Gasteiger partial charge < -0.3 is 23.7 Å². The van der Waals surface area contributed by atoms with Gasteiger partial charge in [0.15, 0.2) is 11.5 Å². The maximum atomic E-state index is 12.4. The Morgan fingerprint density at radius 1 is 1.11 bits per heavy atom. The van der Waals surface area contributed by atoms with Crippen LogP contribution >= 0.6 is 0 Å². The maximum Gasteiger partial charge on any atom is 0.337 e. The topological polar surface area (TPSA) is 52.9 Å². The van der Waals surface area contributed by atoms with E-state index in [4.69, 9.17) is 14.2 Å². The van der Waals surface area contributed by atoms with Crippen LogP contribution in [0.25, 0.3) is 22.2 Å². The average molecular weight is 519 g/mol. The lowest BCUT2D eigenvalue weighted by atomic mass is 9.81. The van der Waals surface area contributed by atoms with E-state index < -0.39 is 0 Å². The number of carbonyl (C=O) groups excluding carboxylic acids is 1. The van der Waals surface area contributed by atoms with E-state index in [0.717, 1.165) is 42.2 Å². The zero-order valence-electron chi connectivity index (χ0n) is 23.3. The van der Waals surface area contributed by atoms with Crippen LogP contribution < -0.4 is 9.47 Å². The van der Waals surface area contributed by atoms with Gasteiger partial charge in [-0.15, -0.1) is 0 Å². The van der Waals surface area contributed by atoms with Crippen molar-refractivity contribution >= 4 is 16.9 Å². The number of benzene rings is 2. The van der Waals surface area contributed by atoms with Crippen LogP contribution in [0.3, 0.4) is 0 Å². The molecule has 38 heavy (non-hydrogen) atoms. The molecule has 0 N–H and O–H groups in total. The van der Waals surface area contributed by atoms with Crippen LogP contribution in [0.5, 0.6) is 11.5 Å². The van der Waals surface area contributed by atoms with Crippen molar-refractivity contribution in [2.45, 2.75) is 70.8 Å². The van der Waals surface area contributed by atoms with E-state index in [1.54, 1.807) is 0 Å². The smallest absolute Gasteiger partial charge is 0.337 e. The highest BCUT2D eigenvalue weighted by atomic mass is 16.5. The summed E-state index contributed by atoms with van der Waals surface area (Å²) in [6, 6.07) is 12.3. The number of carbonyl (C=O) groups is 1. The number of hydrogen-bond acceptors (Lipinski definition) is 5. The molecule has 1 aliphatic heterocycles. The number of hydrogen-bond donors (Lipinski definition) is 0. The van der Waals surface area contributed by atoms with Gasteiger partial charge in [-0.1, -0.05) is 51.2 Å². The van der Waals surface area contributed by atoms with Crippen LogP contribution in [0, 0.1) is 0 Å². The summed E-state index contributed by atoms with van der Waals surface area (Å²) >= 11 is 0. The van der Waals surface area contributed by atoms with Gasteiger partial charge in [0.1, 0.15) is 13.2 Å². The molecule has 0 unspecified atom stereocenters. The van der Waals surface area contributed by atoms with Crippen molar-refractivity contribution in [2.75, 3.05) is 40.5 Å². The molecular formula is C32H42N2O4. The molecular weight excluding hydrogens is 476 g/mol. The van der Waals surface area contributed by atoms with Gasteiger partial charge in [-0.3, -0.25) is 0 Å². The van der Waals surface area contributed by atoms with Crippen molar-refractivity contribution in [1.29, 1.82) is 0 Å². The molecule has 0 amide bonds. The molecule has 2 aliphatic rings. The van der Waals surface area contributed by atoms with Gasteiger partial charge in [-0.2, -0.15) is 0 Å². The summed E-state index contributed by atoms with van der Waals surface area (Å²) in [6.45, 7) is 6.12. The predicted molar refractivity (Wildman–Crippen MR) is 153 cm³/mol. The molecule has 1 aliphatic carbocycles. The number of nitrogens with zero attached hydrogens (tertiary/aromatic N) is 2. The molecule has 0 atom stereocenters. The van der Waals surface area contributed by atoms with Gasteiger partial charge in [-0.25, -0.2) is 4.79 Å².